The highest BCUT2D eigenvalue weighted by molar-refractivity contribution is 7.89. The van der Waals surface area contributed by atoms with E-state index >= 15 is 0 Å². The summed E-state index contributed by atoms with van der Waals surface area (Å²) in [6.07, 6.45) is 2.61. The molecule has 0 aliphatic carbocycles. The summed E-state index contributed by atoms with van der Waals surface area (Å²) in [5.74, 6) is -0.175. The molecule has 1 aromatic rings. The van der Waals surface area contributed by atoms with Crippen LogP contribution in [0, 0.1) is 0 Å². The summed E-state index contributed by atoms with van der Waals surface area (Å²) in [4.78, 5) is 11.7. The Morgan fingerprint density at radius 1 is 1.24 bits per heavy atom. The van der Waals surface area contributed by atoms with Crippen LogP contribution in [0.4, 0.5) is 0 Å². The lowest BCUT2D eigenvalue weighted by molar-refractivity contribution is -0.121. The van der Waals surface area contributed by atoms with Crippen LogP contribution in [0.25, 0.3) is 0 Å². The van der Waals surface area contributed by atoms with Crippen molar-refractivity contribution in [2.75, 3.05) is 19.6 Å². The van der Waals surface area contributed by atoms with Crippen LogP contribution >= 0.6 is 35.6 Å². The molecule has 2 rings (SSSR count). The Morgan fingerprint density at radius 3 is 2.48 bits per heavy atom. The fraction of sp³-hybridized carbons (Fsp3) is 0.533. The van der Waals surface area contributed by atoms with Gasteiger partial charge in [0.05, 0.1) is 4.90 Å². The van der Waals surface area contributed by atoms with E-state index in [9.17, 15) is 13.2 Å². The molecule has 1 unspecified atom stereocenters. The first-order chi connectivity index (χ1) is 11.3. The van der Waals surface area contributed by atoms with Crippen molar-refractivity contribution >= 4 is 51.5 Å². The predicted molar refractivity (Wildman–Crippen MR) is 102 cm³/mol. The number of nitrogens with zero attached hydrogens (tertiary/aromatic N) is 1. The molecule has 0 aromatic heterocycles. The number of nitrogens with one attached hydrogen (secondary N) is 1. The summed E-state index contributed by atoms with van der Waals surface area (Å²) < 4.78 is 27.3. The van der Waals surface area contributed by atoms with E-state index in [0.717, 1.165) is 12.8 Å². The Morgan fingerprint density at radius 2 is 1.88 bits per heavy atom. The normalized spacial score (nSPS) is 18.4. The molecule has 0 bridgehead atoms. The Labute approximate surface area is 164 Å². The predicted octanol–water partition coefficient (Wildman–Crippen LogP) is 2.42. The third-order valence-corrected chi connectivity index (χ3v) is 6.29. The second kappa shape index (κ2) is 9.94. The topological polar surface area (TPSA) is 92.5 Å². The third kappa shape index (κ3) is 5.98. The molecule has 0 saturated carbocycles. The van der Waals surface area contributed by atoms with Gasteiger partial charge in [0.15, 0.2) is 0 Å². The zero-order valence-corrected chi connectivity index (χ0v) is 16.7. The van der Waals surface area contributed by atoms with Crippen LogP contribution < -0.4 is 11.1 Å². The van der Waals surface area contributed by atoms with Gasteiger partial charge in [-0.2, -0.15) is 4.31 Å². The van der Waals surface area contributed by atoms with Crippen LogP contribution in [0.3, 0.4) is 0 Å². The first-order valence-corrected chi connectivity index (χ1v) is 9.99. The number of carbonyl (C=O) groups excluding carboxylic acids is 1. The van der Waals surface area contributed by atoms with Crippen LogP contribution in [0.1, 0.15) is 25.7 Å². The first-order valence-electron chi connectivity index (χ1n) is 7.79. The molecule has 1 aliphatic heterocycles. The summed E-state index contributed by atoms with van der Waals surface area (Å²) in [5, 5.41) is 3.29. The van der Waals surface area contributed by atoms with Gasteiger partial charge in [0, 0.05) is 42.1 Å². The van der Waals surface area contributed by atoms with E-state index in [1.165, 1.54) is 22.5 Å². The number of halogens is 3. The lowest BCUT2D eigenvalue weighted by Gasteiger charge is -2.34. The first kappa shape index (κ1) is 22.5. The average Bonchev–Trinajstić information content (AvgIpc) is 2.52. The third-order valence-electron chi connectivity index (χ3n) is 3.92. The quantitative estimate of drug-likeness (QED) is 0.725. The highest BCUT2D eigenvalue weighted by Crippen LogP contribution is 2.29. The maximum absolute atomic E-state index is 12.9. The molecule has 0 radical (unpaired) electrons. The Kier molecular flexibility index (Phi) is 8.94. The van der Waals surface area contributed by atoms with Crippen molar-refractivity contribution < 1.29 is 13.2 Å². The van der Waals surface area contributed by atoms with Gasteiger partial charge in [0.1, 0.15) is 0 Å². The van der Waals surface area contributed by atoms with Gasteiger partial charge in [-0.1, -0.05) is 29.6 Å². The monoisotopic (exact) mass is 429 g/mol. The molecule has 1 aromatic carbocycles. The zero-order chi connectivity index (χ0) is 17.7. The number of rotatable bonds is 6. The molecule has 1 atom stereocenters. The standard InChI is InChI=1S/C15H21Cl2N3O3S.ClH/c16-11-7-12(17)9-14(8-11)24(22,23)20-6-2-1-3-13(20)10-19-15(21)4-5-18;/h7-9,13H,1-6,10,18H2,(H,19,21);1H. The smallest absolute Gasteiger partial charge is 0.243 e. The van der Waals surface area contributed by atoms with E-state index in [-0.39, 0.29) is 58.8 Å². The van der Waals surface area contributed by atoms with Gasteiger partial charge in [-0.25, -0.2) is 8.42 Å². The van der Waals surface area contributed by atoms with Crippen LogP contribution in [-0.2, 0) is 14.8 Å². The second-order valence-corrected chi connectivity index (χ2v) is 8.48. The molecule has 0 spiro atoms. The highest BCUT2D eigenvalue weighted by Gasteiger charge is 2.33. The highest BCUT2D eigenvalue weighted by atomic mass is 35.5. The molecule has 10 heteroatoms. The Bertz CT molecular complexity index is 680. The van der Waals surface area contributed by atoms with Crippen molar-refractivity contribution in [3.05, 3.63) is 28.2 Å². The van der Waals surface area contributed by atoms with Crippen molar-refractivity contribution in [3.8, 4) is 0 Å². The minimum atomic E-state index is -3.73. The van der Waals surface area contributed by atoms with Gasteiger partial charge < -0.3 is 11.1 Å². The van der Waals surface area contributed by atoms with E-state index in [1.54, 1.807) is 0 Å². The molecule has 1 heterocycles. The van der Waals surface area contributed by atoms with Gasteiger partial charge in [-0.3, -0.25) is 4.79 Å². The lowest BCUT2D eigenvalue weighted by atomic mass is 10.1. The SMILES string of the molecule is Cl.NCCC(=O)NCC1CCCCN1S(=O)(=O)c1cc(Cl)cc(Cl)c1. The number of piperidine rings is 1. The Hall–Kier alpha value is -0.570. The molecular weight excluding hydrogens is 409 g/mol. The summed E-state index contributed by atoms with van der Waals surface area (Å²) in [5.41, 5.74) is 5.35. The maximum atomic E-state index is 12.9. The van der Waals surface area contributed by atoms with Crippen molar-refractivity contribution in [3.63, 3.8) is 0 Å². The number of nitrogens with two attached hydrogens (primary N) is 1. The van der Waals surface area contributed by atoms with Crippen molar-refractivity contribution in [2.45, 2.75) is 36.6 Å². The fourth-order valence-electron chi connectivity index (χ4n) is 2.76. The number of sulfonamides is 1. The number of amides is 1. The molecule has 3 N–H and O–H groups in total. The van der Waals surface area contributed by atoms with E-state index in [0.29, 0.717) is 13.0 Å². The molecule has 6 nitrogen and oxygen atoms in total. The molecule has 25 heavy (non-hydrogen) atoms. The van der Waals surface area contributed by atoms with Gasteiger partial charge in [0.2, 0.25) is 15.9 Å². The second-order valence-electron chi connectivity index (χ2n) is 5.71. The zero-order valence-electron chi connectivity index (χ0n) is 13.6. The van der Waals surface area contributed by atoms with Gasteiger partial charge >= 0.3 is 0 Å². The van der Waals surface area contributed by atoms with Crippen LogP contribution in [0.15, 0.2) is 23.1 Å². The Balaban J connectivity index is 0.00000312. The lowest BCUT2D eigenvalue weighted by Crippen LogP contribution is -2.49. The summed E-state index contributed by atoms with van der Waals surface area (Å²) in [7, 11) is -3.73. The minimum Gasteiger partial charge on any atom is -0.354 e. The van der Waals surface area contributed by atoms with Gasteiger partial charge in [-0.05, 0) is 31.0 Å². The van der Waals surface area contributed by atoms with E-state index in [4.69, 9.17) is 28.9 Å². The summed E-state index contributed by atoms with van der Waals surface area (Å²) in [6, 6.07) is 3.98. The minimum absolute atomic E-state index is 0. The molecule has 1 fully saturated rings. The number of hydrogen-bond acceptors (Lipinski definition) is 4. The number of benzene rings is 1. The molecule has 142 valence electrons. The molecule has 1 aliphatic rings. The van der Waals surface area contributed by atoms with Crippen molar-refractivity contribution in [1.29, 1.82) is 0 Å². The largest absolute Gasteiger partial charge is 0.354 e. The van der Waals surface area contributed by atoms with Gasteiger partial charge in [0.25, 0.3) is 0 Å². The van der Waals surface area contributed by atoms with Gasteiger partial charge in [-0.15, -0.1) is 12.4 Å². The summed E-state index contributed by atoms with van der Waals surface area (Å²) >= 11 is 11.9. The number of carbonyl (C=O) groups is 1. The van der Waals surface area contributed by atoms with Crippen LogP contribution in [0.5, 0.6) is 0 Å². The fourth-order valence-corrected chi connectivity index (χ4v) is 5.18. The summed E-state index contributed by atoms with van der Waals surface area (Å²) in [6.45, 7) is 0.940. The van der Waals surface area contributed by atoms with E-state index in [1.807, 2.05) is 0 Å². The van der Waals surface area contributed by atoms with Crippen molar-refractivity contribution in [2.24, 2.45) is 5.73 Å². The number of hydrogen-bond donors (Lipinski definition) is 2. The average molecular weight is 431 g/mol. The van der Waals surface area contributed by atoms with Crippen molar-refractivity contribution in [1.82, 2.24) is 9.62 Å². The van der Waals surface area contributed by atoms with E-state index in [2.05, 4.69) is 5.32 Å². The van der Waals surface area contributed by atoms with E-state index < -0.39 is 10.0 Å². The molecule has 1 amide bonds. The molecular formula is C15H22Cl3N3O3S. The van der Waals surface area contributed by atoms with Crippen LogP contribution in [-0.4, -0.2) is 44.3 Å². The van der Waals surface area contributed by atoms with Crippen LogP contribution in [0.2, 0.25) is 10.0 Å². The molecule has 1 saturated heterocycles. The maximum Gasteiger partial charge on any atom is 0.243 e.